The molecule has 0 aliphatic rings. The quantitative estimate of drug-likeness (QED) is 0.460. The molecule has 0 saturated carbocycles. The van der Waals surface area contributed by atoms with Crippen molar-refractivity contribution in [3.8, 4) is 5.75 Å². The molecule has 31 heavy (non-hydrogen) atoms. The van der Waals surface area contributed by atoms with Gasteiger partial charge in [0.05, 0.1) is 0 Å². The highest BCUT2D eigenvalue weighted by molar-refractivity contribution is 9.10. The molecule has 0 aliphatic heterocycles. The zero-order chi connectivity index (χ0) is 22.4. The SMILES string of the molecule is Cc1ccc(OCC(=O)NNC(=O)c2cccc(NC(=O)c3ccc(Br)o3)c2)cc1C. The number of halogens is 1. The van der Waals surface area contributed by atoms with Gasteiger partial charge in [0, 0.05) is 11.3 Å². The molecule has 0 fully saturated rings. The van der Waals surface area contributed by atoms with Gasteiger partial charge in [0.25, 0.3) is 17.7 Å². The van der Waals surface area contributed by atoms with Crippen molar-refractivity contribution in [1.29, 1.82) is 0 Å². The van der Waals surface area contributed by atoms with Crippen LogP contribution in [0.2, 0.25) is 0 Å². The number of carbonyl (C=O) groups is 3. The molecular formula is C22H20BrN3O5. The molecule has 0 spiro atoms. The summed E-state index contributed by atoms with van der Waals surface area (Å²) in [7, 11) is 0. The Morgan fingerprint density at radius 2 is 1.74 bits per heavy atom. The molecular weight excluding hydrogens is 466 g/mol. The van der Waals surface area contributed by atoms with E-state index >= 15 is 0 Å². The number of benzene rings is 2. The minimum Gasteiger partial charge on any atom is -0.484 e. The van der Waals surface area contributed by atoms with Gasteiger partial charge >= 0.3 is 0 Å². The van der Waals surface area contributed by atoms with Crippen molar-refractivity contribution >= 4 is 39.3 Å². The van der Waals surface area contributed by atoms with Crippen LogP contribution in [0.4, 0.5) is 5.69 Å². The van der Waals surface area contributed by atoms with Gasteiger partial charge in [0.15, 0.2) is 17.0 Å². The van der Waals surface area contributed by atoms with Gasteiger partial charge in [-0.3, -0.25) is 25.2 Å². The van der Waals surface area contributed by atoms with Gasteiger partial charge < -0.3 is 14.5 Å². The predicted octanol–water partition coefficient (Wildman–Crippen LogP) is 3.75. The monoisotopic (exact) mass is 485 g/mol. The maximum absolute atomic E-state index is 12.3. The zero-order valence-corrected chi connectivity index (χ0v) is 18.4. The van der Waals surface area contributed by atoms with E-state index < -0.39 is 17.7 Å². The normalized spacial score (nSPS) is 10.3. The van der Waals surface area contributed by atoms with E-state index in [0.29, 0.717) is 16.1 Å². The number of anilines is 1. The smallest absolute Gasteiger partial charge is 0.291 e. The summed E-state index contributed by atoms with van der Waals surface area (Å²) < 4.78 is 11.1. The first-order chi connectivity index (χ1) is 14.8. The summed E-state index contributed by atoms with van der Waals surface area (Å²) in [5.41, 5.74) is 7.43. The van der Waals surface area contributed by atoms with Crippen LogP contribution in [-0.2, 0) is 4.79 Å². The third kappa shape index (κ3) is 6.19. The first-order valence-electron chi connectivity index (χ1n) is 9.28. The lowest BCUT2D eigenvalue weighted by Gasteiger charge is -2.10. The van der Waals surface area contributed by atoms with E-state index in [1.807, 2.05) is 26.0 Å². The Bertz CT molecular complexity index is 1130. The number of aryl methyl sites for hydroxylation is 2. The molecule has 3 rings (SSSR count). The third-order valence-corrected chi connectivity index (χ3v) is 4.77. The largest absolute Gasteiger partial charge is 0.484 e. The number of hydrazine groups is 1. The fourth-order valence-electron chi connectivity index (χ4n) is 2.55. The molecule has 0 aliphatic carbocycles. The highest BCUT2D eigenvalue weighted by Gasteiger charge is 2.13. The molecule has 160 valence electrons. The van der Waals surface area contributed by atoms with Crippen LogP contribution >= 0.6 is 15.9 Å². The van der Waals surface area contributed by atoms with E-state index in [-0.39, 0.29) is 17.9 Å². The summed E-state index contributed by atoms with van der Waals surface area (Å²) in [4.78, 5) is 36.4. The minimum atomic E-state index is -0.545. The van der Waals surface area contributed by atoms with Crippen LogP contribution in [-0.4, -0.2) is 24.3 Å². The number of hydrogen-bond acceptors (Lipinski definition) is 5. The molecule has 3 amide bonds. The summed E-state index contributed by atoms with van der Waals surface area (Å²) in [5.74, 6) is -0.828. The number of ether oxygens (including phenoxy) is 1. The van der Waals surface area contributed by atoms with Crippen LogP contribution in [0.1, 0.15) is 32.0 Å². The van der Waals surface area contributed by atoms with E-state index in [1.54, 1.807) is 30.3 Å². The van der Waals surface area contributed by atoms with Crippen LogP contribution < -0.4 is 20.9 Å². The Morgan fingerprint density at radius 3 is 2.45 bits per heavy atom. The first kappa shape index (κ1) is 22.1. The highest BCUT2D eigenvalue weighted by atomic mass is 79.9. The standard InChI is InChI=1S/C22H20BrN3O5/c1-13-6-7-17(10-14(13)2)30-12-20(27)25-26-21(28)15-4-3-5-16(11-15)24-22(29)18-8-9-19(23)31-18/h3-11H,12H2,1-2H3,(H,24,29)(H,25,27)(H,26,28). The maximum atomic E-state index is 12.3. The van der Waals surface area contributed by atoms with E-state index in [4.69, 9.17) is 9.15 Å². The predicted molar refractivity (Wildman–Crippen MR) is 118 cm³/mol. The Kier molecular flexibility index (Phi) is 7.09. The molecule has 9 heteroatoms. The van der Waals surface area contributed by atoms with Crippen molar-refractivity contribution in [2.24, 2.45) is 0 Å². The van der Waals surface area contributed by atoms with Crippen LogP contribution in [0.5, 0.6) is 5.75 Å². The Balaban J connectivity index is 1.50. The molecule has 2 aromatic carbocycles. The number of carbonyl (C=O) groups excluding carboxylic acids is 3. The van der Waals surface area contributed by atoms with Crippen molar-refractivity contribution in [2.45, 2.75) is 13.8 Å². The fourth-order valence-corrected chi connectivity index (χ4v) is 2.86. The highest BCUT2D eigenvalue weighted by Crippen LogP contribution is 2.17. The lowest BCUT2D eigenvalue weighted by molar-refractivity contribution is -0.123. The molecule has 0 unspecified atom stereocenters. The van der Waals surface area contributed by atoms with Crippen molar-refractivity contribution in [2.75, 3.05) is 11.9 Å². The van der Waals surface area contributed by atoms with Crippen molar-refractivity contribution in [1.82, 2.24) is 10.9 Å². The van der Waals surface area contributed by atoms with E-state index in [9.17, 15) is 14.4 Å². The summed E-state index contributed by atoms with van der Waals surface area (Å²) in [5, 5.41) is 2.64. The zero-order valence-electron chi connectivity index (χ0n) is 16.8. The lowest BCUT2D eigenvalue weighted by atomic mass is 10.1. The molecule has 0 atom stereocenters. The van der Waals surface area contributed by atoms with Crippen molar-refractivity contribution in [3.63, 3.8) is 0 Å². The first-order valence-corrected chi connectivity index (χ1v) is 10.1. The molecule has 8 nitrogen and oxygen atoms in total. The third-order valence-electron chi connectivity index (χ3n) is 4.34. The van der Waals surface area contributed by atoms with Gasteiger partial charge in [-0.25, -0.2) is 0 Å². The van der Waals surface area contributed by atoms with Gasteiger partial charge in [-0.05, 0) is 83.4 Å². The van der Waals surface area contributed by atoms with Gasteiger partial charge in [-0.15, -0.1) is 0 Å². The van der Waals surface area contributed by atoms with Gasteiger partial charge in [-0.1, -0.05) is 12.1 Å². The molecule has 0 saturated heterocycles. The van der Waals surface area contributed by atoms with E-state index in [2.05, 4.69) is 32.1 Å². The van der Waals surface area contributed by atoms with Gasteiger partial charge in [0.2, 0.25) is 0 Å². The molecule has 0 radical (unpaired) electrons. The van der Waals surface area contributed by atoms with Gasteiger partial charge in [-0.2, -0.15) is 0 Å². The molecule has 0 bridgehead atoms. The second-order valence-electron chi connectivity index (χ2n) is 6.68. The second-order valence-corrected chi connectivity index (χ2v) is 7.46. The summed E-state index contributed by atoms with van der Waals surface area (Å²) in [6.07, 6.45) is 0. The number of nitrogens with one attached hydrogen (secondary N) is 3. The van der Waals surface area contributed by atoms with Crippen LogP contribution in [0.3, 0.4) is 0 Å². The number of amides is 3. The average Bonchev–Trinajstić information content (AvgIpc) is 3.19. The van der Waals surface area contributed by atoms with Crippen LogP contribution in [0, 0.1) is 13.8 Å². The van der Waals surface area contributed by atoms with E-state index in [1.165, 1.54) is 12.1 Å². The Morgan fingerprint density at radius 1 is 0.935 bits per heavy atom. The Hall–Kier alpha value is -3.59. The Labute approximate surface area is 187 Å². The van der Waals surface area contributed by atoms with E-state index in [0.717, 1.165) is 11.1 Å². The number of rotatable bonds is 6. The summed E-state index contributed by atoms with van der Waals surface area (Å²) in [6, 6.07) is 14.9. The van der Waals surface area contributed by atoms with Crippen molar-refractivity contribution in [3.05, 3.63) is 81.7 Å². The number of furan rings is 1. The van der Waals surface area contributed by atoms with Crippen LogP contribution in [0.15, 0.2) is 63.7 Å². The summed E-state index contributed by atoms with van der Waals surface area (Å²) in [6.45, 7) is 3.68. The second kappa shape index (κ2) is 9.94. The maximum Gasteiger partial charge on any atom is 0.291 e. The molecule has 1 heterocycles. The van der Waals surface area contributed by atoms with Crippen molar-refractivity contribution < 1.29 is 23.5 Å². The molecule has 3 N–H and O–H groups in total. The average molecular weight is 486 g/mol. The topological polar surface area (TPSA) is 110 Å². The summed E-state index contributed by atoms with van der Waals surface area (Å²) >= 11 is 3.13. The fraction of sp³-hybridized carbons (Fsp3) is 0.136. The number of hydrogen-bond donors (Lipinski definition) is 3. The van der Waals surface area contributed by atoms with Gasteiger partial charge in [0.1, 0.15) is 5.75 Å². The lowest BCUT2D eigenvalue weighted by Crippen LogP contribution is -2.43. The molecule has 1 aromatic heterocycles. The van der Waals surface area contributed by atoms with Crippen LogP contribution in [0.25, 0.3) is 0 Å². The minimum absolute atomic E-state index is 0.123. The molecule has 3 aromatic rings.